The van der Waals surface area contributed by atoms with Gasteiger partial charge in [-0.2, -0.15) is 0 Å². The monoisotopic (exact) mass is 366 g/mol. The Kier molecular flexibility index (Phi) is 5.66. The lowest BCUT2D eigenvalue weighted by molar-refractivity contribution is -0.115. The molecule has 1 aromatic heterocycles. The lowest BCUT2D eigenvalue weighted by Gasteiger charge is -2.09. The first-order valence-corrected chi connectivity index (χ1v) is 8.90. The number of amides is 1. The van der Waals surface area contributed by atoms with Crippen LogP contribution in [-0.4, -0.2) is 19.0 Å². The van der Waals surface area contributed by atoms with E-state index in [9.17, 15) is 9.59 Å². The van der Waals surface area contributed by atoms with Crippen LogP contribution < -0.4 is 10.6 Å². The van der Waals surface area contributed by atoms with Crippen molar-refractivity contribution in [2.24, 2.45) is 0 Å². The van der Waals surface area contributed by atoms with Gasteiger partial charge in [0.05, 0.1) is 19.1 Å². The maximum atomic E-state index is 12.0. The SMILES string of the molecule is COC(=O)c1ccc(Nc2ccc(NC(=O)Cc3cccs3)cc2)cc1. The second-order valence-corrected chi connectivity index (χ2v) is 6.61. The zero-order valence-electron chi connectivity index (χ0n) is 14.2. The van der Waals surface area contributed by atoms with Gasteiger partial charge in [0, 0.05) is 21.9 Å². The van der Waals surface area contributed by atoms with Crippen molar-refractivity contribution in [3.8, 4) is 0 Å². The number of carbonyl (C=O) groups is 2. The van der Waals surface area contributed by atoms with Crippen LogP contribution in [0.2, 0.25) is 0 Å². The van der Waals surface area contributed by atoms with Crippen molar-refractivity contribution in [2.45, 2.75) is 6.42 Å². The number of carbonyl (C=O) groups excluding carboxylic acids is 2. The number of rotatable bonds is 6. The molecule has 2 N–H and O–H groups in total. The van der Waals surface area contributed by atoms with Crippen molar-refractivity contribution >= 4 is 40.3 Å². The van der Waals surface area contributed by atoms with Crippen LogP contribution >= 0.6 is 11.3 Å². The molecule has 0 unspecified atom stereocenters. The van der Waals surface area contributed by atoms with Crippen LogP contribution in [0.25, 0.3) is 0 Å². The van der Waals surface area contributed by atoms with Crippen molar-refractivity contribution in [1.82, 2.24) is 0 Å². The van der Waals surface area contributed by atoms with E-state index in [2.05, 4.69) is 15.4 Å². The molecule has 0 aliphatic rings. The van der Waals surface area contributed by atoms with Gasteiger partial charge in [-0.25, -0.2) is 4.79 Å². The maximum Gasteiger partial charge on any atom is 0.337 e. The van der Waals surface area contributed by atoms with Crippen LogP contribution in [0, 0.1) is 0 Å². The summed E-state index contributed by atoms with van der Waals surface area (Å²) < 4.78 is 4.68. The highest BCUT2D eigenvalue weighted by molar-refractivity contribution is 7.10. The fourth-order valence-electron chi connectivity index (χ4n) is 2.39. The molecule has 6 heteroatoms. The summed E-state index contributed by atoms with van der Waals surface area (Å²) in [5.41, 5.74) is 2.99. The average Bonchev–Trinajstić information content (AvgIpc) is 3.16. The molecule has 0 saturated heterocycles. The Morgan fingerprint density at radius 2 is 1.54 bits per heavy atom. The number of hydrogen-bond acceptors (Lipinski definition) is 5. The van der Waals surface area contributed by atoms with E-state index in [1.165, 1.54) is 7.11 Å². The van der Waals surface area contributed by atoms with Crippen molar-refractivity contribution in [2.75, 3.05) is 17.7 Å². The molecule has 1 amide bonds. The van der Waals surface area contributed by atoms with E-state index < -0.39 is 0 Å². The molecule has 26 heavy (non-hydrogen) atoms. The Morgan fingerprint density at radius 1 is 0.923 bits per heavy atom. The fourth-order valence-corrected chi connectivity index (χ4v) is 3.09. The summed E-state index contributed by atoms with van der Waals surface area (Å²) in [5.74, 6) is -0.397. The normalized spacial score (nSPS) is 10.2. The standard InChI is InChI=1S/C20H18N2O3S/c1-25-20(24)14-4-6-15(7-5-14)21-16-8-10-17(11-9-16)22-19(23)13-18-3-2-12-26-18/h2-12,21H,13H2,1H3,(H,22,23). The molecule has 0 aliphatic carbocycles. The first-order chi connectivity index (χ1) is 12.6. The first kappa shape index (κ1) is 17.7. The molecule has 0 fully saturated rings. The predicted octanol–water partition coefficient (Wildman–Crippen LogP) is 4.46. The summed E-state index contributed by atoms with van der Waals surface area (Å²) in [6.07, 6.45) is 0.379. The number of esters is 1. The molecule has 3 aromatic rings. The van der Waals surface area contributed by atoms with E-state index in [1.807, 2.05) is 53.9 Å². The van der Waals surface area contributed by atoms with Crippen LogP contribution in [0.4, 0.5) is 17.1 Å². The minimum atomic E-state index is -0.362. The molecule has 3 rings (SSSR count). The molecule has 2 aromatic carbocycles. The summed E-state index contributed by atoms with van der Waals surface area (Å²) in [4.78, 5) is 24.5. The summed E-state index contributed by atoms with van der Waals surface area (Å²) in [6.45, 7) is 0. The zero-order valence-corrected chi connectivity index (χ0v) is 15.0. The average molecular weight is 366 g/mol. The second kappa shape index (κ2) is 8.31. The van der Waals surface area contributed by atoms with Gasteiger partial charge in [0.1, 0.15) is 0 Å². The maximum absolute atomic E-state index is 12.0. The lowest BCUT2D eigenvalue weighted by Crippen LogP contribution is -2.13. The summed E-state index contributed by atoms with van der Waals surface area (Å²) in [7, 11) is 1.36. The van der Waals surface area contributed by atoms with Gasteiger partial charge in [0.2, 0.25) is 5.91 Å². The van der Waals surface area contributed by atoms with Gasteiger partial charge >= 0.3 is 5.97 Å². The minimum absolute atomic E-state index is 0.0356. The number of benzene rings is 2. The Morgan fingerprint density at radius 3 is 2.12 bits per heavy atom. The van der Waals surface area contributed by atoms with Crippen LogP contribution in [0.3, 0.4) is 0 Å². The van der Waals surface area contributed by atoms with Crippen molar-refractivity contribution in [1.29, 1.82) is 0 Å². The topological polar surface area (TPSA) is 67.4 Å². The number of anilines is 3. The van der Waals surface area contributed by atoms with Gasteiger partial charge in [0.15, 0.2) is 0 Å². The number of nitrogens with one attached hydrogen (secondary N) is 2. The van der Waals surface area contributed by atoms with Crippen molar-refractivity contribution in [3.05, 3.63) is 76.5 Å². The van der Waals surface area contributed by atoms with Gasteiger partial charge in [-0.15, -0.1) is 11.3 Å². The summed E-state index contributed by atoms with van der Waals surface area (Å²) in [6, 6.07) is 18.4. The first-order valence-electron chi connectivity index (χ1n) is 8.02. The Balaban J connectivity index is 1.57. The molecule has 1 heterocycles. The van der Waals surface area contributed by atoms with E-state index in [4.69, 9.17) is 0 Å². The Hall–Kier alpha value is -3.12. The second-order valence-electron chi connectivity index (χ2n) is 5.58. The number of hydrogen-bond donors (Lipinski definition) is 2. The molecule has 132 valence electrons. The third-order valence-electron chi connectivity index (χ3n) is 3.68. The zero-order chi connectivity index (χ0) is 18.4. The number of ether oxygens (including phenoxy) is 1. The minimum Gasteiger partial charge on any atom is -0.465 e. The number of thiophene rings is 1. The molecular weight excluding hydrogens is 348 g/mol. The van der Waals surface area contributed by atoms with E-state index in [-0.39, 0.29) is 11.9 Å². The van der Waals surface area contributed by atoms with Gasteiger partial charge < -0.3 is 15.4 Å². The van der Waals surface area contributed by atoms with Gasteiger partial charge in [0.25, 0.3) is 0 Å². The summed E-state index contributed by atoms with van der Waals surface area (Å²) >= 11 is 1.57. The van der Waals surface area contributed by atoms with Gasteiger partial charge in [-0.05, 0) is 60.0 Å². The van der Waals surface area contributed by atoms with Crippen molar-refractivity contribution in [3.63, 3.8) is 0 Å². The molecule has 0 atom stereocenters. The van der Waals surface area contributed by atoms with Gasteiger partial charge in [-0.1, -0.05) is 6.07 Å². The van der Waals surface area contributed by atoms with Crippen LogP contribution in [0.15, 0.2) is 66.0 Å². The highest BCUT2D eigenvalue weighted by Gasteiger charge is 2.06. The van der Waals surface area contributed by atoms with Gasteiger partial charge in [-0.3, -0.25) is 4.79 Å². The van der Waals surface area contributed by atoms with Crippen LogP contribution in [0.5, 0.6) is 0 Å². The smallest absolute Gasteiger partial charge is 0.337 e. The molecule has 0 aliphatic heterocycles. The number of methoxy groups -OCH3 is 1. The van der Waals surface area contributed by atoms with E-state index in [1.54, 1.807) is 23.5 Å². The fraction of sp³-hybridized carbons (Fsp3) is 0.100. The Bertz CT molecular complexity index is 872. The third kappa shape index (κ3) is 4.70. The third-order valence-corrected chi connectivity index (χ3v) is 4.55. The van der Waals surface area contributed by atoms with Crippen LogP contribution in [0.1, 0.15) is 15.2 Å². The van der Waals surface area contributed by atoms with Crippen molar-refractivity contribution < 1.29 is 14.3 Å². The molecule has 5 nitrogen and oxygen atoms in total. The summed E-state index contributed by atoms with van der Waals surface area (Å²) in [5, 5.41) is 8.09. The molecule has 0 saturated carbocycles. The molecule has 0 spiro atoms. The molecular formula is C20H18N2O3S. The molecule has 0 bridgehead atoms. The highest BCUT2D eigenvalue weighted by Crippen LogP contribution is 2.20. The van der Waals surface area contributed by atoms with Crippen LogP contribution in [-0.2, 0) is 16.0 Å². The highest BCUT2D eigenvalue weighted by atomic mass is 32.1. The van der Waals surface area contributed by atoms with E-state index in [0.29, 0.717) is 12.0 Å². The molecule has 0 radical (unpaired) electrons. The Labute approximate surface area is 155 Å². The quantitative estimate of drug-likeness (QED) is 0.632. The van der Waals surface area contributed by atoms with E-state index >= 15 is 0 Å². The predicted molar refractivity (Wildman–Crippen MR) is 104 cm³/mol. The largest absolute Gasteiger partial charge is 0.465 e. The van der Waals surface area contributed by atoms with E-state index in [0.717, 1.165) is 21.9 Å². The lowest BCUT2D eigenvalue weighted by atomic mass is 10.2.